The van der Waals surface area contributed by atoms with Gasteiger partial charge < -0.3 is 4.74 Å². The molecule has 13 heavy (non-hydrogen) atoms. The number of ether oxygens (including phenoxy) is 1. The third-order valence-electron chi connectivity index (χ3n) is 1.16. The van der Waals surface area contributed by atoms with Gasteiger partial charge in [0.05, 0.1) is 0 Å². The maximum absolute atomic E-state index is 10.7. The lowest BCUT2D eigenvalue weighted by Gasteiger charge is -2.00. The van der Waals surface area contributed by atoms with Crippen LogP contribution < -0.4 is 0 Å². The van der Waals surface area contributed by atoms with Crippen LogP contribution in [0.4, 0.5) is 0 Å². The average molecular weight is 222 g/mol. The lowest BCUT2D eigenvalue weighted by atomic mass is 10.3. The van der Waals surface area contributed by atoms with Gasteiger partial charge in [-0.05, 0) is 6.42 Å². The fourth-order valence-electron chi connectivity index (χ4n) is 0.571. The largest absolute Gasteiger partial charge is 0.458 e. The van der Waals surface area contributed by atoms with Crippen LogP contribution in [0.25, 0.3) is 0 Å². The summed E-state index contributed by atoms with van der Waals surface area (Å²) in [6.07, 6.45) is 0.698. The Balaban J connectivity index is 3.61. The van der Waals surface area contributed by atoms with Crippen molar-refractivity contribution in [2.75, 3.05) is 6.61 Å². The molecule has 7 heteroatoms. The SMILES string of the molecule is O=CCOC(=O)CCC(P=O)P=O. The van der Waals surface area contributed by atoms with Crippen LogP contribution in [-0.4, -0.2) is 24.3 Å². The predicted octanol–water partition coefficient (Wildman–Crippen LogP) is 1.42. The second-order valence-corrected chi connectivity index (χ2v) is 4.16. The Bertz CT molecular complexity index is 197. The van der Waals surface area contributed by atoms with E-state index in [4.69, 9.17) is 0 Å². The Labute approximate surface area is 78.2 Å². The number of hydrogen-bond acceptors (Lipinski definition) is 5. The zero-order valence-corrected chi connectivity index (χ0v) is 8.50. The summed E-state index contributed by atoms with van der Waals surface area (Å²) in [5.74, 6) is -0.551. The molecule has 0 bridgehead atoms. The molecule has 0 spiro atoms. The fourth-order valence-corrected chi connectivity index (χ4v) is 1.19. The van der Waals surface area contributed by atoms with Crippen molar-refractivity contribution in [2.45, 2.75) is 18.2 Å². The number of aldehydes is 1. The first-order valence-corrected chi connectivity index (χ1v) is 5.25. The van der Waals surface area contributed by atoms with E-state index < -0.39 is 11.4 Å². The van der Waals surface area contributed by atoms with Crippen molar-refractivity contribution < 1.29 is 23.5 Å². The summed E-state index contributed by atoms with van der Waals surface area (Å²) in [7, 11) is -0.518. The molecule has 0 unspecified atom stereocenters. The van der Waals surface area contributed by atoms with Crippen molar-refractivity contribution in [1.82, 2.24) is 0 Å². The van der Waals surface area contributed by atoms with Crippen LogP contribution in [0.2, 0.25) is 0 Å². The van der Waals surface area contributed by atoms with Gasteiger partial charge in [0.15, 0.2) is 23.2 Å². The van der Waals surface area contributed by atoms with E-state index in [2.05, 4.69) is 4.74 Å². The van der Waals surface area contributed by atoms with Crippen molar-refractivity contribution in [3.8, 4) is 0 Å². The molecule has 0 fully saturated rings. The van der Waals surface area contributed by atoms with Gasteiger partial charge in [-0.25, -0.2) is 0 Å². The zero-order valence-electron chi connectivity index (χ0n) is 6.71. The minimum Gasteiger partial charge on any atom is -0.458 e. The van der Waals surface area contributed by atoms with Gasteiger partial charge in [-0.15, -0.1) is 0 Å². The maximum atomic E-state index is 10.7. The van der Waals surface area contributed by atoms with Crippen molar-refractivity contribution in [2.24, 2.45) is 0 Å². The molecule has 0 N–H and O–H groups in total. The first-order valence-electron chi connectivity index (χ1n) is 3.48. The van der Waals surface area contributed by atoms with Crippen LogP contribution in [0.5, 0.6) is 0 Å². The quantitative estimate of drug-likeness (QED) is 0.369. The molecule has 0 aliphatic rings. The smallest absolute Gasteiger partial charge is 0.306 e. The van der Waals surface area contributed by atoms with Gasteiger partial charge in [-0.1, -0.05) is 0 Å². The lowest BCUT2D eigenvalue weighted by Crippen LogP contribution is -2.07. The molecule has 5 nitrogen and oxygen atoms in total. The first kappa shape index (κ1) is 12.3. The van der Waals surface area contributed by atoms with Gasteiger partial charge in [0.25, 0.3) is 0 Å². The summed E-state index contributed by atoms with van der Waals surface area (Å²) < 4.78 is 24.9. The van der Waals surface area contributed by atoms with Gasteiger partial charge >= 0.3 is 5.97 Å². The van der Waals surface area contributed by atoms with Crippen LogP contribution in [0.15, 0.2) is 0 Å². The standard InChI is InChI=1S/C6H8O5P2/c7-3-4-11-5(8)1-2-6(12-9)13-10/h3,6H,1-2,4H2. The average Bonchev–Trinajstić information content (AvgIpc) is 2.16. The summed E-state index contributed by atoms with van der Waals surface area (Å²) in [5, 5.41) is -0.566. The Morgan fingerprint density at radius 2 is 2.00 bits per heavy atom. The Kier molecular flexibility index (Phi) is 7.56. The summed E-state index contributed by atoms with van der Waals surface area (Å²) >= 11 is 0. The van der Waals surface area contributed by atoms with E-state index in [9.17, 15) is 18.7 Å². The van der Waals surface area contributed by atoms with E-state index in [1.54, 1.807) is 0 Å². The van der Waals surface area contributed by atoms with Crippen LogP contribution in [0.3, 0.4) is 0 Å². The molecule has 0 heterocycles. The van der Waals surface area contributed by atoms with Crippen LogP contribution >= 0.6 is 16.9 Å². The van der Waals surface area contributed by atoms with E-state index >= 15 is 0 Å². The van der Waals surface area contributed by atoms with E-state index in [1.165, 1.54) is 0 Å². The Morgan fingerprint density at radius 1 is 1.38 bits per heavy atom. The number of carbonyl (C=O) groups excluding carboxylic acids is 2. The molecule has 0 aromatic heterocycles. The molecule has 0 aromatic rings. The minimum absolute atomic E-state index is 0.0169. The molecule has 0 rings (SSSR count). The van der Waals surface area contributed by atoms with Crippen LogP contribution in [-0.2, 0) is 23.5 Å². The van der Waals surface area contributed by atoms with Crippen LogP contribution in [0, 0.1) is 0 Å². The topological polar surface area (TPSA) is 77.5 Å². The Hall–Kier alpha value is -0.660. The van der Waals surface area contributed by atoms with Gasteiger partial charge in [0, 0.05) is 6.42 Å². The summed E-state index contributed by atoms with van der Waals surface area (Å²) in [6.45, 7) is -0.270. The Morgan fingerprint density at radius 3 is 2.46 bits per heavy atom. The monoisotopic (exact) mass is 222 g/mol. The molecule has 0 amide bonds. The highest BCUT2D eigenvalue weighted by Gasteiger charge is 2.11. The van der Waals surface area contributed by atoms with E-state index in [0.717, 1.165) is 0 Å². The van der Waals surface area contributed by atoms with Crippen molar-refractivity contribution in [1.29, 1.82) is 0 Å². The number of hydrogen-bond donors (Lipinski definition) is 0. The second kappa shape index (κ2) is 7.96. The van der Waals surface area contributed by atoms with Crippen molar-refractivity contribution in [3.63, 3.8) is 0 Å². The van der Waals surface area contributed by atoms with Gasteiger partial charge in [0.2, 0.25) is 0 Å². The molecular weight excluding hydrogens is 214 g/mol. The molecule has 0 saturated heterocycles. The number of esters is 1. The highest BCUT2D eigenvalue weighted by atomic mass is 31.1. The fraction of sp³-hybridized carbons (Fsp3) is 0.667. The first-order chi connectivity index (χ1) is 6.24. The normalized spacial score (nSPS) is 12.6. The molecular formula is C6H8O5P2. The predicted molar refractivity (Wildman–Crippen MR) is 45.3 cm³/mol. The molecule has 0 saturated carbocycles. The van der Waals surface area contributed by atoms with Gasteiger partial charge in [0.1, 0.15) is 12.0 Å². The van der Waals surface area contributed by atoms with E-state index in [-0.39, 0.29) is 36.4 Å². The molecule has 0 aromatic carbocycles. The summed E-state index contributed by atoms with van der Waals surface area (Å²) in [5.41, 5.74) is 0. The minimum atomic E-state index is -0.566. The highest BCUT2D eigenvalue weighted by Crippen LogP contribution is 2.23. The van der Waals surface area contributed by atoms with Crippen molar-refractivity contribution >= 4 is 29.2 Å². The second-order valence-electron chi connectivity index (χ2n) is 2.08. The molecule has 0 radical (unpaired) electrons. The van der Waals surface area contributed by atoms with E-state index in [1.807, 2.05) is 0 Å². The third kappa shape index (κ3) is 6.50. The van der Waals surface area contributed by atoms with Crippen LogP contribution in [0.1, 0.15) is 12.8 Å². The van der Waals surface area contributed by atoms with Crippen molar-refractivity contribution in [3.05, 3.63) is 0 Å². The zero-order chi connectivity index (χ0) is 10.1. The maximum Gasteiger partial charge on any atom is 0.306 e. The summed E-state index contributed by atoms with van der Waals surface area (Å²) in [6, 6.07) is 0. The lowest BCUT2D eigenvalue weighted by molar-refractivity contribution is -0.145. The molecule has 0 aliphatic heterocycles. The van der Waals surface area contributed by atoms with Gasteiger partial charge in [-0.2, -0.15) is 0 Å². The third-order valence-corrected chi connectivity index (χ3v) is 2.73. The number of rotatable bonds is 7. The molecule has 72 valence electrons. The molecule has 0 atom stereocenters. The molecule has 0 aliphatic carbocycles. The van der Waals surface area contributed by atoms with E-state index in [0.29, 0.717) is 6.29 Å². The highest BCUT2D eigenvalue weighted by molar-refractivity contribution is 7.44. The number of carbonyl (C=O) groups is 2. The summed E-state index contributed by atoms with van der Waals surface area (Å²) in [4.78, 5) is 20.5. The van der Waals surface area contributed by atoms with Gasteiger partial charge in [-0.3, -0.25) is 18.7 Å².